The molecule has 1 heterocycles. The molecule has 30 heavy (non-hydrogen) atoms. The van der Waals surface area contributed by atoms with Crippen LogP contribution in [0.3, 0.4) is 0 Å². The summed E-state index contributed by atoms with van der Waals surface area (Å²) in [7, 11) is 0. The van der Waals surface area contributed by atoms with Crippen molar-refractivity contribution < 1.29 is 0 Å². The van der Waals surface area contributed by atoms with E-state index >= 15 is 0 Å². The van der Waals surface area contributed by atoms with Gasteiger partial charge in [0.25, 0.3) is 0 Å². The Hall–Kier alpha value is -3.13. The van der Waals surface area contributed by atoms with Crippen molar-refractivity contribution >= 4 is 0 Å². The van der Waals surface area contributed by atoms with Gasteiger partial charge in [-0.05, 0) is 53.1 Å². The average Bonchev–Trinajstić information content (AvgIpc) is 3.23. The molecule has 2 nitrogen and oxygen atoms in total. The van der Waals surface area contributed by atoms with Gasteiger partial charge in [-0.15, -0.1) is 0 Å². The molecule has 1 aromatic heterocycles. The molecule has 0 atom stereocenters. The second kappa shape index (κ2) is 8.31. The first-order valence-electron chi connectivity index (χ1n) is 10.8. The molecule has 152 valence electrons. The summed E-state index contributed by atoms with van der Waals surface area (Å²) in [5, 5.41) is 0. The first kappa shape index (κ1) is 20.2. The molecular weight excluding hydrogens is 364 g/mol. The molecule has 0 amide bonds. The Morgan fingerprint density at radius 1 is 0.700 bits per heavy atom. The highest BCUT2D eigenvalue weighted by atomic mass is 15.1. The molecule has 0 saturated carbocycles. The molecule has 0 bridgehead atoms. The zero-order valence-corrected chi connectivity index (χ0v) is 18.6. The van der Waals surface area contributed by atoms with E-state index in [0.717, 1.165) is 11.4 Å². The van der Waals surface area contributed by atoms with Crippen molar-refractivity contribution in [1.82, 2.24) is 9.55 Å². The molecule has 0 saturated heterocycles. The third-order valence-corrected chi connectivity index (χ3v) is 5.71. The van der Waals surface area contributed by atoms with Crippen LogP contribution >= 0.6 is 0 Å². The fraction of sp³-hybridized carbons (Fsp3) is 0.250. The van der Waals surface area contributed by atoms with Crippen LogP contribution in [0.1, 0.15) is 56.2 Å². The zero-order chi connectivity index (χ0) is 21.3. The van der Waals surface area contributed by atoms with Crippen molar-refractivity contribution in [2.24, 2.45) is 0 Å². The highest BCUT2D eigenvalue weighted by Gasteiger charge is 2.20. The number of aryl methyl sites for hydroxylation is 1. The smallest absolute Gasteiger partial charge is 0.144 e. The summed E-state index contributed by atoms with van der Waals surface area (Å²) in [6.45, 7) is 11.3. The number of rotatable bonds is 5. The van der Waals surface area contributed by atoms with E-state index in [1.54, 1.807) is 0 Å². The minimum absolute atomic E-state index is 0.397. The maximum atomic E-state index is 4.72. The largest absolute Gasteiger partial charge is 0.299 e. The average molecular weight is 395 g/mol. The maximum Gasteiger partial charge on any atom is 0.144 e. The van der Waals surface area contributed by atoms with Gasteiger partial charge in [-0.3, -0.25) is 4.57 Å². The monoisotopic (exact) mass is 394 g/mol. The molecule has 0 fully saturated rings. The lowest BCUT2D eigenvalue weighted by Gasteiger charge is -2.23. The van der Waals surface area contributed by atoms with Crippen LogP contribution in [0.2, 0.25) is 0 Å². The van der Waals surface area contributed by atoms with Gasteiger partial charge in [0.2, 0.25) is 0 Å². The van der Waals surface area contributed by atoms with Gasteiger partial charge in [0.05, 0.1) is 5.69 Å². The van der Waals surface area contributed by atoms with Crippen molar-refractivity contribution in [3.63, 3.8) is 0 Å². The van der Waals surface area contributed by atoms with Crippen molar-refractivity contribution in [3.05, 3.63) is 95.8 Å². The van der Waals surface area contributed by atoms with Crippen molar-refractivity contribution in [2.45, 2.75) is 46.5 Å². The molecule has 4 rings (SSSR count). The van der Waals surface area contributed by atoms with E-state index in [0.29, 0.717) is 11.8 Å². The van der Waals surface area contributed by atoms with E-state index in [4.69, 9.17) is 4.98 Å². The Morgan fingerprint density at radius 2 is 1.30 bits per heavy atom. The Labute approximate surface area is 180 Å². The lowest BCUT2D eigenvalue weighted by molar-refractivity contribution is 0.807. The van der Waals surface area contributed by atoms with E-state index < -0.39 is 0 Å². The minimum Gasteiger partial charge on any atom is -0.299 e. The summed E-state index contributed by atoms with van der Waals surface area (Å²) in [5.41, 5.74) is 8.95. The van der Waals surface area contributed by atoms with Crippen molar-refractivity contribution in [2.75, 3.05) is 0 Å². The van der Waals surface area contributed by atoms with Crippen LogP contribution in [0, 0.1) is 6.92 Å². The van der Waals surface area contributed by atoms with E-state index in [-0.39, 0.29) is 0 Å². The first-order chi connectivity index (χ1) is 14.5. The molecule has 4 aromatic rings. The van der Waals surface area contributed by atoms with Crippen LogP contribution in [0.15, 0.2) is 79.1 Å². The number of benzene rings is 3. The highest BCUT2D eigenvalue weighted by molar-refractivity contribution is 5.71. The first-order valence-corrected chi connectivity index (χ1v) is 10.8. The van der Waals surface area contributed by atoms with Crippen LogP contribution in [0.25, 0.3) is 28.2 Å². The lowest BCUT2D eigenvalue weighted by atomic mass is 9.88. The molecule has 2 heteroatoms. The van der Waals surface area contributed by atoms with Gasteiger partial charge in [0.15, 0.2) is 0 Å². The maximum absolute atomic E-state index is 4.72. The number of imidazole rings is 1. The molecule has 0 radical (unpaired) electrons. The normalized spacial score (nSPS) is 11.4. The molecule has 0 aliphatic rings. The second-order valence-electron chi connectivity index (χ2n) is 8.67. The molecule has 0 aliphatic heterocycles. The van der Waals surface area contributed by atoms with Crippen molar-refractivity contribution in [3.8, 4) is 28.2 Å². The van der Waals surface area contributed by atoms with Crippen LogP contribution in [0.5, 0.6) is 0 Å². The third-order valence-electron chi connectivity index (χ3n) is 5.71. The summed E-state index contributed by atoms with van der Waals surface area (Å²) in [6.07, 6.45) is 4.01. The van der Waals surface area contributed by atoms with Crippen molar-refractivity contribution in [1.29, 1.82) is 0 Å². The number of hydrogen-bond donors (Lipinski definition) is 0. The zero-order valence-electron chi connectivity index (χ0n) is 18.6. The Kier molecular flexibility index (Phi) is 5.59. The Balaban J connectivity index is 1.97. The van der Waals surface area contributed by atoms with E-state index in [1.807, 2.05) is 12.3 Å². The van der Waals surface area contributed by atoms with Gasteiger partial charge in [-0.25, -0.2) is 4.98 Å². The minimum atomic E-state index is 0.397. The topological polar surface area (TPSA) is 17.8 Å². The van der Waals surface area contributed by atoms with E-state index in [1.165, 1.54) is 33.5 Å². The molecular formula is C28H30N2. The van der Waals surface area contributed by atoms with Gasteiger partial charge < -0.3 is 0 Å². The number of nitrogens with zero attached hydrogens (tertiary/aromatic N) is 2. The summed E-state index contributed by atoms with van der Waals surface area (Å²) < 4.78 is 2.28. The van der Waals surface area contributed by atoms with Gasteiger partial charge in [-0.1, -0.05) is 87.9 Å². The Bertz CT molecular complexity index is 1100. The summed E-state index contributed by atoms with van der Waals surface area (Å²) in [5.74, 6) is 1.78. The predicted octanol–water partition coefficient (Wildman–Crippen LogP) is 7.76. The molecule has 0 N–H and O–H groups in total. The molecule has 0 unspecified atom stereocenters. The van der Waals surface area contributed by atoms with Crippen LogP contribution in [-0.2, 0) is 0 Å². The van der Waals surface area contributed by atoms with Crippen LogP contribution < -0.4 is 0 Å². The van der Waals surface area contributed by atoms with Gasteiger partial charge in [0.1, 0.15) is 5.82 Å². The quantitative estimate of drug-likeness (QED) is 0.338. The van der Waals surface area contributed by atoms with Gasteiger partial charge in [-0.2, -0.15) is 0 Å². The fourth-order valence-corrected chi connectivity index (χ4v) is 4.04. The summed E-state index contributed by atoms with van der Waals surface area (Å²) in [6, 6.07) is 24.0. The van der Waals surface area contributed by atoms with Crippen LogP contribution in [0.4, 0.5) is 0 Å². The summed E-state index contributed by atoms with van der Waals surface area (Å²) >= 11 is 0. The highest BCUT2D eigenvalue weighted by Crippen LogP contribution is 2.37. The van der Waals surface area contributed by atoms with Crippen LogP contribution in [-0.4, -0.2) is 9.55 Å². The van der Waals surface area contributed by atoms with Gasteiger partial charge >= 0.3 is 0 Å². The molecule has 0 aliphatic carbocycles. The molecule has 3 aromatic carbocycles. The summed E-state index contributed by atoms with van der Waals surface area (Å²) in [4.78, 5) is 4.72. The SMILES string of the molecule is Cc1ccc(-c2cc(C(C)C)c(-n3ccnc3-c3ccccc3)c(C(C)C)c2)cc1. The molecule has 0 spiro atoms. The fourth-order valence-electron chi connectivity index (χ4n) is 4.04. The number of hydrogen-bond acceptors (Lipinski definition) is 1. The van der Waals surface area contributed by atoms with Gasteiger partial charge in [0, 0.05) is 18.0 Å². The Morgan fingerprint density at radius 3 is 1.87 bits per heavy atom. The lowest BCUT2D eigenvalue weighted by Crippen LogP contribution is -2.08. The second-order valence-corrected chi connectivity index (χ2v) is 8.67. The standard InChI is InChI=1S/C28H30N2/c1-19(2)25-17-24(22-13-11-21(5)12-14-22)18-26(20(3)4)27(25)30-16-15-29-28(30)23-9-7-6-8-10-23/h6-20H,1-5H3. The predicted molar refractivity (Wildman–Crippen MR) is 127 cm³/mol. The van der Waals surface area contributed by atoms with E-state index in [9.17, 15) is 0 Å². The third kappa shape index (κ3) is 3.82. The number of aromatic nitrogens is 2. The van der Waals surface area contributed by atoms with E-state index in [2.05, 4.69) is 106 Å².